The number of quaternary nitrogens is 1. The smallest absolute Gasteiger partial charge is 0.0866 e. The molecule has 0 amide bonds. The van der Waals surface area contributed by atoms with Crippen LogP contribution in [0.15, 0.2) is 11.0 Å². The third-order valence-electron chi connectivity index (χ3n) is 4.00. The molecule has 0 aromatic heterocycles. The van der Waals surface area contributed by atoms with Gasteiger partial charge in [-0.1, -0.05) is 6.07 Å². The molecule has 1 rings (SSSR count). The molecule has 0 spiro atoms. The number of thioether (sulfide) groups is 1. The molecule has 0 aliphatic rings. The molecule has 0 bridgehead atoms. The average molecular weight is 302 g/mol. The van der Waals surface area contributed by atoms with Crippen LogP contribution >= 0.6 is 11.8 Å². The van der Waals surface area contributed by atoms with Crippen LogP contribution in [0.4, 0.5) is 0 Å². The van der Waals surface area contributed by atoms with Crippen LogP contribution < -0.4 is 17.3 Å². The molecule has 0 unspecified atom stereocenters. The van der Waals surface area contributed by atoms with Crippen molar-refractivity contribution < 1.29 is 17.3 Å². The molecule has 0 aliphatic carbocycles. The lowest BCUT2D eigenvalue weighted by Gasteiger charge is -2.17. The normalized spacial score (nSPS) is 10.7. The molecule has 0 saturated heterocycles. The lowest BCUT2D eigenvalue weighted by molar-refractivity contribution is -0.893. The summed E-state index contributed by atoms with van der Waals surface area (Å²) >= 11 is 2.04. The Bertz CT molecular complexity index is 374. The summed E-state index contributed by atoms with van der Waals surface area (Å²) < 4.78 is 0. The summed E-state index contributed by atoms with van der Waals surface area (Å²) in [4.78, 5) is 3.21. The Morgan fingerprint density at radius 2 is 1.42 bits per heavy atom. The largest absolute Gasteiger partial charge is 1.00 e. The SMILES string of the molecule is CC[NH+](CC)CCSc1c(C)c(C)cc(C)c1C.[Cl-]. The van der Waals surface area contributed by atoms with E-state index in [-0.39, 0.29) is 12.4 Å². The third kappa shape index (κ3) is 5.02. The molecule has 0 saturated carbocycles. The molecule has 0 fully saturated rings. The Balaban J connectivity index is 0.00000324. The van der Waals surface area contributed by atoms with Crippen LogP contribution in [-0.4, -0.2) is 25.4 Å². The number of halogens is 1. The van der Waals surface area contributed by atoms with Gasteiger partial charge in [-0.2, -0.15) is 0 Å². The highest BCUT2D eigenvalue weighted by Gasteiger charge is 2.10. The summed E-state index contributed by atoms with van der Waals surface area (Å²) in [6, 6.07) is 2.31. The summed E-state index contributed by atoms with van der Waals surface area (Å²) in [7, 11) is 0. The number of hydrogen-bond donors (Lipinski definition) is 1. The minimum atomic E-state index is 0. The van der Waals surface area contributed by atoms with Gasteiger partial charge in [0.05, 0.1) is 19.6 Å². The predicted molar refractivity (Wildman–Crippen MR) is 83.0 cm³/mol. The van der Waals surface area contributed by atoms with E-state index >= 15 is 0 Å². The monoisotopic (exact) mass is 301 g/mol. The maximum Gasteiger partial charge on any atom is 0.0866 e. The van der Waals surface area contributed by atoms with Crippen LogP contribution in [0.2, 0.25) is 0 Å². The summed E-state index contributed by atoms with van der Waals surface area (Å²) in [5, 5.41) is 0. The standard InChI is InChI=1S/C16H27NS.ClH/c1-7-17(8-2)9-10-18-16-14(5)12(3)11-13(4)15(16)6;/h11H,7-10H2,1-6H3;1H. The maximum atomic E-state index is 2.31. The fraction of sp³-hybridized carbons (Fsp3) is 0.625. The van der Waals surface area contributed by atoms with Crippen molar-refractivity contribution in [1.29, 1.82) is 0 Å². The second-order valence-electron chi connectivity index (χ2n) is 5.15. The van der Waals surface area contributed by atoms with E-state index in [1.807, 2.05) is 11.8 Å². The van der Waals surface area contributed by atoms with E-state index in [1.165, 1.54) is 52.5 Å². The molecule has 0 aliphatic heterocycles. The second kappa shape index (κ2) is 8.89. The Kier molecular flexibility index (Phi) is 8.80. The fourth-order valence-corrected chi connectivity index (χ4v) is 3.65. The first-order valence-electron chi connectivity index (χ1n) is 7.05. The number of rotatable bonds is 6. The summed E-state index contributed by atoms with van der Waals surface area (Å²) in [6.07, 6.45) is 0. The van der Waals surface area contributed by atoms with E-state index in [0.717, 1.165) is 0 Å². The highest BCUT2D eigenvalue weighted by molar-refractivity contribution is 7.99. The first-order valence-corrected chi connectivity index (χ1v) is 8.03. The van der Waals surface area contributed by atoms with Gasteiger partial charge in [0.15, 0.2) is 0 Å². The summed E-state index contributed by atoms with van der Waals surface area (Å²) in [5.74, 6) is 1.22. The van der Waals surface area contributed by atoms with Crippen LogP contribution in [0.5, 0.6) is 0 Å². The molecular formula is C16H28ClNS. The van der Waals surface area contributed by atoms with Crippen LogP contribution in [0.25, 0.3) is 0 Å². The van der Waals surface area contributed by atoms with Crippen molar-refractivity contribution in [2.75, 3.05) is 25.4 Å². The zero-order chi connectivity index (χ0) is 13.7. The van der Waals surface area contributed by atoms with Crippen molar-refractivity contribution in [2.45, 2.75) is 46.4 Å². The van der Waals surface area contributed by atoms with Crippen LogP contribution in [0.1, 0.15) is 36.1 Å². The Labute approximate surface area is 129 Å². The van der Waals surface area contributed by atoms with Crippen molar-refractivity contribution in [3.63, 3.8) is 0 Å². The molecule has 1 N–H and O–H groups in total. The van der Waals surface area contributed by atoms with Crippen LogP contribution in [0, 0.1) is 27.7 Å². The van der Waals surface area contributed by atoms with Gasteiger partial charge in [-0.15, -0.1) is 11.8 Å². The molecule has 0 atom stereocenters. The summed E-state index contributed by atoms with van der Waals surface area (Å²) in [6.45, 7) is 17.3. The minimum absolute atomic E-state index is 0. The molecule has 1 aromatic carbocycles. The quantitative estimate of drug-likeness (QED) is 0.722. The average Bonchev–Trinajstić information content (AvgIpc) is 2.36. The van der Waals surface area contributed by atoms with Gasteiger partial charge < -0.3 is 17.3 Å². The van der Waals surface area contributed by atoms with Gasteiger partial charge in [0.1, 0.15) is 0 Å². The first kappa shape index (κ1) is 18.8. The minimum Gasteiger partial charge on any atom is -1.00 e. The van der Waals surface area contributed by atoms with Gasteiger partial charge >= 0.3 is 0 Å². The van der Waals surface area contributed by atoms with E-state index < -0.39 is 0 Å². The van der Waals surface area contributed by atoms with Crippen molar-refractivity contribution in [1.82, 2.24) is 0 Å². The maximum absolute atomic E-state index is 2.31. The van der Waals surface area contributed by atoms with Crippen molar-refractivity contribution in [2.24, 2.45) is 0 Å². The highest BCUT2D eigenvalue weighted by atomic mass is 35.5. The van der Waals surface area contributed by atoms with Gasteiger partial charge in [0, 0.05) is 10.6 Å². The van der Waals surface area contributed by atoms with E-state index in [1.54, 1.807) is 4.90 Å². The molecular weight excluding hydrogens is 274 g/mol. The van der Waals surface area contributed by atoms with Gasteiger partial charge in [-0.25, -0.2) is 0 Å². The number of aryl methyl sites for hydroxylation is 2. The van der Waals surface area contributed by atoms with Crippen molar-refractivity contribution >= 4 is 11.8 Å². The molecule has 110 valence electrons. The molecule has 0 radical (unpaired) electrons. The zero-order valence-corrected chi connectivity index (χ0v) is 14.8. The van der Waals surface area contributed by atoms with E-state index in [4.69, 9.17) is 0 Å². The molecule has 19 heavy (non-hydrogen) atoms. The van der Waals surface area contributed by atoms with Gasteiger partial charge in [-0.3, -0.25) is 0 Å². The lowest BCUT2D eigenvalue weighted by Crippen LogP contribution is -3.11. The Morgan fingerprint density at radius 3 is 1.84 bits per heavy atom. The number of hydrogen-bond acceptors (Lipinski definition) is 1. The van der Waals surface area contributed by atoms with Crippen molar-refractivity contribution in [3.05, 3.63) is 28.3 Å². The molecule has 1 aromatic rings. The third-order valence-corrected chi connectivity index (χ3v) is 5.31. The van der Waals surface area contributed by atoms with E-state index in [2.05, 4.69) is 47.6 Å². The predicted octanol–water partition coefficient (Wildman–Crippen LogP) is -0.0589. The van der Waals surface area contributed by atoms with Crippen molar-refractivity contribution in [3.8, 4) is 0 Å². The number of benzene rings is 1. The lowest BCUT2D eigenvalue weighted by atomic mass is 10.0. The van der Waals surface area contributed by atoms with Gasteiger partial charge in [-0.05, 0) is 63.8 Å². The Hall–Kier alpha value is -0.180. The van der Waals surface area contributed by atoms with Gasteiger partial charge in [0.2, 0.25) is 0 Å². The molecule has 0 heterocycles. The highest BCUT2D eigenvalue weighted by Crippen LogP contribution is 2.30. The topological polar surface area (TPSA) is 4.44 Å². The molecule has 1 nitrogen and oxygen atoms in total. The van der Waals surface area contributed by atoms with E-state index in [0.29, 0.717) is 0 Å². The van der Waals surface area contributed by atoms with Crippen LogP contribution in [0.3, 0.4) is 0 Å². The zero-order valence-electron chi connectivity index (χ0n) is 13.2. The van der Waals surface area contributed by atoms with E-state index in [9.17, 15) is 0 Å². The Morgan fingerprint density at radius 1 is 0.947 bits per heavy atom. The second-order valence-corrected chi connectivity index (χ2v) is 6.25. The van der Waals surface area contributed by atoms with Gasteiger partial charge in [0.25, 0.3) is 0 Å². The number of nitrogens with one attached hydrogen (secondary N) is 1. The van der Waals surface area contributed by atoms with Crippen LogP contribution in [-0.2, 0) is 0 Å². The molecule has 3 heteroatoms. The summed E-state index contributed by atoms with van der Waals surface area (Å²) in [5.41, 5.74) is 5.79. The fourth-order valence-electron chi connectivity index (χ4n) is 2.30. The first-order chi connectivity index (χ1) is 8.51.